The lowest BCUT2D eigenvalue weighted by Gasteiger charge is -2.11. The van der Waals surface area contributed by atoms with E-state index in [2.05, 4.69) is 5.32 Å². The molecular formula is C21H19FN2O3. The Morgan fingerprint density at radius 1 is 1.11 bits per heavy atom. The molecule has 5 nitrogen and oxygen atoms in total. The van der Waals surface area contributed by atoms with Crippen molar-refractivity contribution in [1.82, 2.24) is 9.88 Å². The van der Waals surface area contributed by atoms with Gasteiger partial charge in [-0.2, -0.15) is 0 Å². The van der Waals surface area contributed by atoms with Crippen LogP contribution in [0.5, 0.6) is 11.5 Å². The highest BCUT2D eigenvalue weighted by Crippen LogP contribution is 2.25. The fourth-order valence-corrected chi connectivity index (χ4v) is 2.57. The molecule has 1 heterocycles. The second kappa shape index (κ2) is 8.31. The van der Waals surface area contributed by atoms with Crippen LogP contribution in [0.2, 0.25) is 0 Å². The van der Waals surface area contributed by atoms with Crippen molar-refractivity contribution in [1.29, 1.82) is 0 Å². The van der Waals surface area contributed by atoms with Crippen LogP contribution >= 0.6 is 0 Å². The van der Waals surface area contributed by atoms with Crippen molar-refractivity contribution in [3.8, 4) is 11.5 Å². The second-order valence-electron chi connectivity index (χ2n) is 6.10. The number of aryl methyl sites for hydroxylation is 1. The van der Waals surface area contributed by atoms with Crippen molar-refractivity contribution in [3.05, 3.63) is 94.2 Å². The molecule has 3 rings (SSSR count). The predicted octanol–water partition coefficient (Wildman–Crippen LogP) is 3.40. The summed E-state index contributed by atoms with van der Waals surface area (Å²) in [5.74, 6) is 0.650. The summed E-state index contributed by atoms with van der Waals surface area (Å²) in [5, 5.41) is 2.80. The zero-order chi connectivity index (χ0) is 19.2. The van der Waals surface area contributed by atoms with E-state index in [1.165, 1.54) is 22.8 Å². The number of rotatable bonds is 6. The van der Waals surface area contributed by atoms with Crippen molar-refractivity contribution < 1.29 is 13.9 Å². The van der Waals surface area contributed by atoms with E-state index in [9.17, 15) is 14.0 Å². The van der Waals surface area contributed by atoms with Crippen LogP contribution in [0.15, 0.2) is 71.7 Å². The molecule has 0 unspecified atom stereocenters. The first kappa shape index (κ1) is 18.4. The highest BCUT2D eigenvalue weighted by Gasteiger charge is 2.06. The fourth-order valence-electron chi connectivity index (χ4n) is 2.57. The first-order chi connectivity index (χ1) is 13.0. The average Bonchev–Trinajstić information content (AvgIpc) is 2.66. The van der Waals surface area contributed by atoms with Crippen LogP contribution in [0, 0.1) is 12.7 Å². The summed E-state index contributed by atoms with van der Waals surface area (Å²) < 4.78 is 20.1. The van der Waals surface area contributed by atoms with Gasteiger partial charge in [0.1, 0.15) is 23.9 Å². The van der Waals surface area contributed by atoms with Gasteiger partial charge in [0.25, 0.3) is 5.56 Å². The molecule has 0 spiro atoms. The maximum atomic E-state index is 13.0. The molecule has 0 radical (unpaired) electrons. The molecule has 3 aromatic rings. The standard InChI is InChI=1S/C21H19FN2O3/c1-15-12-16(5-10-19(15)27-18-8-6-17(22)7-9-18)13-23-20(25)14-24-11-3-2-4-21(24)26/h2-12H,13-14H2,1H3,(H,23,25). The number of pyridine rings is 1. The minimum Gasteiger partial charge on any atom is -0.457 e. The van der Waals surface area contributed by atoms with E-state index in [4.69, 9.17) is 4.74 Å². The van der Waals surface area contributed by atoms with Crippen LogP contribution in [0.1, 0.15) is 11.1 Å². The Bertz CT molecular complexity index is 997. The van der Waals surface area contributed by atoms with Crippen LogP contribution in [-0.2, 0) is 17.9 Å². The van der Waals surface area contributed by atoms with Gasteiger partial charge in [-0.05, 0) is 54.4 Å². The summed E-state index contributed by atoms with van der Waals surface area (Å²) in [4.78, 5) is 23.7. The summed E-state index contributed by atoms with van der Waals surface area (Å²) in [5.41, 5.74) is 1.59. The largest absolute Gasteiger partial charge is 0.457 e. The number of carbonyl (C=O) groups excluding carboxylic acids is 1. The van der Waals surface area contributed by atoms with Gasteiger partial charge in [0.05, 0.1) is 0 Å². The van der Waals surface area contributed by atoms with E-state index < -0.39 is 0 Å². The van der Waals surface area contributed by atoms with Crippen molar-refractivity contribution in [2.24, 2.45) is 0 Å². The summed E-state index contributed by atoms with van der Waals surface area (Å²) in [6.07, 6.45) is 1.58. The Labute approximate surface area is 156 Å². The molecule has 1 N–H and O–H groups in total. The van der Waals surface area contributed by atoms with Crippen LogP contribution in [0.3, 0.4) is 0 Å². The molecule has 0 fully saturated rings. The number of carbonyl (C=O) groups is 1. The molecule has 6 heteroatoms. The summed E-state index contributed by atoms with van der Waals surface area (Å²) in [6, 6.07) is 16.1. The zero-order valence-corrected chi connectivity index (χ0v) is 14.8. The molecule has 0 saturated heterocycles. The summed E-state index contributed by atoms with van der Waals surface area (Å²) >= 11 is 0. The van der Waals surface area contributed by atoms with Gasteiger partial charge in [0.2, 0.25) is 5.91 Å². The lowest BCUT2D eigenvalue weighted by atomic mass is 10.1. The second-order valence-corrected chi connectivity index (χ2v) is 6.10. The summed E-state index contributed by atoms with van der Waals surface area (Å²) in [7, 11) is 0. The van der Waals surface area contributed by atoms with Crippen LogP contribution in [0.25, 0.3) is 0 Å². The molecule has 0 atom stereocenters. The van der Waals surface area contributed by atoms with Gasteiger partial charge in [-0.1, -0.05) is 18.2 Å². The van der Waals surface area contributed by atoms with Gasteiger partial charge < -0.3 is 14.6 Å². The smallest absolute Gasteiger partial charge is 0.250 e. The fraction of sp³-hybridized carbons (Fsp3) is 0.143. The molecule has 0 aliphatic rings. The number of hydrogen-bond donors (Lipinski definition) is 1. The molecule has 0 aliphatic carbocycles. The SMILES string of the molecule is Cc1cc(CNC(=O)Cn2ccccc2=O)ccc1Oc1ccc(F)cc1. The Balaban J connectivity index is 1.59. The molecular weight excluding hydrogens is 347 g/mol. The maximum absolute atomic E-state index is 13.0. The molecule has 138 valence electrons. The van der Waals surface area contributed by atoms with Gasteiger partial charge in [0, 0.05) is 18.8 Å². The van der Waals surface area contributed by atoms with E-state index in [1.54, 1.807) is 30.5 Å². The third kappa shape index (κ3) is 5.04. The minimum absolute atomic E-state index is 0.0234. The third-order valence-electron chi connectivity index (χ3n) is 3.98. The lowest BCUT2D eigenvalue weighted by molar-refractivity contribution is -0.121. The number of halogens is 1. The van der Waals surface area contributed by atoms with Gasteiger partial charge in [-0.3, -0.25) is 9.59 Å². The Hall–Kier alpha value is -3.41. The van der Waals surface area contributed by atoms with Crippen molar-refractivity contribution in [2.75, 3.05) is 0 Å². The van der Waals surface area contributed by atoms with Crippen LogP contribution in [-0.4, -0.2) is 10.5 Å². The molecule has 0 aliphatic heterocycles. The molecule has 2 aromatic carbocycles. The van der Waals surface area contributed by atoms with Crippen molar-refractivity contribution >= 4 is 5.91 Å². The molecule has 1 aromatic heterocycles. The monoisotopic (exact) mass is 366 g/mol. The van der Waals surface area contributed by atoms with Gasteiger partial charge in [-0.15, -0.1) is 0 Å². The first-order valence-corrected chi connectivity index (χ1v) is 8.46. The third-order valence-corrected chi connectivity index (χ3v) is 3.98. The van der Waals surface area contributed by atoms with E-state index in [1.807, 2.05) is 25.1 Å². The van der Waals surface area contributed by atoms with Crippen LogP contribution in [0.4, 0.5) is 4.39 Å². The number of nitrogens with one attached hydrogen (secondary N) is 1. The maximum Gasteiger partial charge on any atom is 0.250 e. The van der Waals surface area contributed by atoms with Crippen molar-refractivity contribution in [3.63, 3.8) is 0 Å². The number of amides is 1. The Kier molecular flexibility index (Phi) is 5.66. The number of nitrogens with zero attached hydrogens (tertiary/aromatic N) is 1. The number of aromatic nitrogens is 1. The molecule has 27 heavy (non-hydrogen) atoms. The van der Waals surface area contributed by atoms with Gasteiger partial charge >= 0.3 is 0 Å². The molecule has 0 saturated carbocycles. The normalized spacial score (nSPS) is 10.4. The first-order valence-electron chi connectivity index (χ1n) is 8.46. The number of hydrogen-bond acceptors (Lipinski definition) is 3. The predicted molar refractivity (Wildman–Crippen MR) is 100 cm³/mol. The Morgan fingerprint density at radius 3 is 2.59 bits per heavy atom. The lowest BCUT2D eigenvalue weighted by Crippen LogP contribution is -2.31. The highest BCUT2D eigenvalue weighted by atomic mass is 19.1. The topological polar surface area (TPSA) is 60.3 Å². The molecule has 0 bridgehead atoms. The highest BCUT2D eigenvalue weighted by molar-refractivity contribution is 5.75. The van der Waals surface area contributed by atoms with E-state index >= 15 is 0 Å². The van der Waals surface area contributed by atoms with E-state index in [0.717, 1.165) is 11.1 Å². The minimum atomic E-state index is -0.317. The van der Waals surface area contributed by atoms with Crippen LogP contribution < -0.4 is 15.6 Å². The molecule has 1 amide bonds. The number of benzene rings is 2. The van der Waals surface area contributed by atoms with Gasteiger partial charge in [0.15, 0.2) is 0 Å². The van der Waals surface area contributed by atoms with Crippen molar-refractivity contribution in [2.45, 2.75) is 20.0 Å². The summed E-state index contributed by atoms with van der Waals surface area (Å²) in [6.45, 7) is 2.22. The van der Waals surface area contributed by atoms with E-state index in [0.29, 0.717) is 18.0 Å². The van der Waals surface area contributed by atoms with E-state index in [-0.39, 0.29) is 23.8 Å². The zero-order valence-electron chi connectivity index (χ0n) is 14.8. The Morgan fingerprint density at radius 2 is 1.89 bits per heavy atom. The average molecular weight is 366 g/mol. The number of ether oxygens (including phenoxy) is 1. The van der Waals surface area contributed by atoms with Gasteiger partial charge in [-0.25, -0.2) is 4.39 Å². The quantitative estimate of drug-likeness (QED) is 0.727.